The summed E-state index contributed by atoms with van der Waals surface area (Å²) >= 11 is 0. The predicted octanol–water partition coefficient (Wildman–Crippen LogP) is 3.92. The zero-order valence-electron chi connectivity index (χ0n) is 16.0. The fraction of sp³-hybridized carbons (Fsp3) is 0.364. The van der Waals surface area contributed by atoms with Crippen molar-refractivity contribution in [3.8, 4) is 0 Å². The van der Waals surface area contributed by atoms with E-state index in [0.29, 0.717) is 23.6 Å². The fourth-order valence-electron chi connectivity index (χ4n) is 3.11. The Bertz CT molecular complexity index is 776. The Morgan fingerprint density at radius 2 is 1.44 bits per heavy atom. The number of nitrogens with zero attached hydrogens (tertiary/aromatic N) is 1. The summed E-state index contributed by atoms with van der Waals surface area (Å²) in [6.07, 6.45) is 2.48. The summed E-state index contributed by atoms with van der Waals surface area (Å²) in [4.78, 5) is 26.8. The molecule has 1 aliphatic heterocycles. The number of benzene rings is 2. The first-order valence-corrected chi connectivity index (χ1v) is 9.57. The maximum atomic E-state index is 12.4. The van der Waals surface area contributed by atoms with Crippen LogP contribution in [-0.2, 0) is 0 Å². The van der Waals surface area contributed by atoms with Crippen LogP contribution in [0.25, 0.3) is 0 Å². The van der Waals surface area contributed by atoms with Crippen molar-refractivity contribution in [1.29, 1.82) is 0 Å². The summed E-state index contributed by atoms with van der Waals surface area (Å²) in [5, 5.41) is 5.78. The standard InChI is InChI=1S/C22H27N3O2/c1-16(2)15-23-21(26)17-5-7-18(8-6-17)22(27)24-19-9-11-20(12-10-19)25-13-3-4-14-25/h5-12,16H,3-4,13-15H2,1-2H3,(H,23,26)(H,24,27). The van der Waals surface area contributed by atoms with E-state index in [1.807, 2.05) is 38.1 Å². The highest BCUT2D eigenvalue weighted by Gasteiger charge is 2.13. The quantitative estimate of drug-likeness (QED) is 0.815. The van der Waals surface area contributed by atoms with Gasteiger partial charge in [-0.1, -0.05) is 13.8 Å². The lowest BCUT2D eigenvalue weighted by molar-refractivity contribution is 0.0947. The van der Waals surface area contributed by atoms with E-state index < -0.39 is 0 Å². The van der Waals surface area contributed by atoms with E-state index in [9.17, 15) is 9.59 Å². The average molecular weight is 365 g/mol. The van der Waals surface area contributed by atoms with Gasteiger partial charge in [-0.3, -0.25) is 9.59 Å². The normalized spacial score (nSPS) is 13.7. The summed E-state index contributed by atoms with van der Waals surface area (Å²) in [5.41, 5.74) is 3.05. The number of amides is 2. The van der Waals surface area contributed by atoms with Gasteiger partial charge in [-0.05, 0) is 67.3 Å². The predicted molar refractivity (Wildman–Crippen MR) is 109 cm³/mol. The third-order valence-corrected chi connectivity index (χ3v) is 4.68. The Morgan fingerprint density at radius 3 is 2.00 bits per heavy atom. The smallest absolute Gasteiger partial charge is 0.255 e. The second-order valence-electron chi connectivity index (χ2n) is 7.38. The maximum absolute atomic E-state index is 12.4. The zero-order valence-corrected chi connectivity index (χ0v) is 16.0. The van der Waals surface area contributed by atoms with Crippen molar-refractivity contribution in [3.05, 3.63) is 59.7 Å². The minimum Gasteiger partial charge on any atom is -0.372 e. The van der Waals surface area contributed by atoms with Crippen molar-refractivity contribution in [3.63, 3.8) is 0 Å². The molecule has 2 aromatic carbocycles. The van der Waals surface area contributed by atoms with Crippen LogP contribution < -0.4 is 15.5 Å². The Kier molecular flexibility index (Phi) is 6.12. The second-order valence-corrected chi connectivity index (χ2v) is 7.38. The highest BCUT2D eigenvalue weighted by Crippen LogP contribution is 2.22. The molecule has 0 aliphatic carbocycles. The van der Waals surface area contributed by atoms with Crippen molar-refractivity contribution < 1.29 is 9.59 Å². The number of nitrogens with one attached hydrogen (secondary N) is 2. The van der Waals surface area contributed by atoms with Gasteiger partial charge in [0.05, 0.1) is 0 Å². The van der Waals surface area contributed by atoms with Crippen LogP contribution >= 0.6 is 0 Å². The largest absolute Gasteiger partial charge is 0.372 e. The van der Waals surface area contributed by atoms with Crippen molar-refractivity contribution >= 4 is 23.2 Å². The summed E-state index contributed by atoms with van der Waals surface area (Å²) in [6, 6.07) is 14.7. The van der Waals surface area contributed by atoms with E-state index in [-0.39, 0.29) is 11.8 Å². The van der Waals surface area contributed by atoms with Gasteiger partial charge in [0.15, 0.2) is 0 Å². The van der Waals surface area contributed by atoms with Crippen molar-refractivity contribution in [2.45, 2.75) is 26.7 Å². The van der Waals surface area contributed by atoms with Crippen LogP contribution in [0.5, 0.6) is 0 Å². The number of rotatable bonds is 6. The van der Waals surface area contributed by atoms with Crippen LogP contribution in [0, 0.1) is 5.92 Å². The lowest BCUT2D eigenvalue weighted by Crippen LogP contribution is -2.27. The molecule has 0 bridgehead atoms. The minimum absolute atomic E-state index is 0.117. The van der Waals surface area contributed by atoms with Crippen molar-refractivity contribution in [1.82, 2.24) is 5.32 Å². The molecule has 0 saturated carbocycles. The van der Waals surface area contributed by atoms with Gasteiger partial charge in [-0.2, -0.15) is 0 Å². The van der Waals surface area contributed by atoms with Gasteiger partial charge in [0, 0.05) is 42.1 Å². The lowest BCUT2D eigenvalue weighted by atomic mass is 10.1. The summed E-state index contributed by atoms with van der Waals surface area (Å²) in [7, 11) is 0. The molecule has 5 heteroatoms. The molecule has 1 heterocycles. The molecule has 0 radical (unpaired) electrons. The Morgan fingerprint density at radius 1 is 0.889 bits per heavy atom. The van der Waals surface area contributed by atoms with Gasteiger partial charge < -0.3 is 15.5 Å². The molecule has 2 aromatic rings. The van der Waals surface area contributed by atoms with E-state index in [2.05, 4.69) is 15.5 Å². The number of hydrogen-bond donors (Lipinski definition) is 2. The van der Waals surface area contributed by atoms with Crippen LogP contribution in [0.3, 0.4) is 0 Å². The topological polar surface area (TPSA) is 61.4 Å². The molecule has 5 nitrogen and oxygen atoms in total. The molecule has 1 saturated heterocycles. The number of carbonyl (C=O) groups is 2. The molecule has 1 fully saturated rings. The van der Waals surface area contributed by atoms with Gasteiger partial charge in [-0.15, -0.1) is 0 Å². The first-order chi connectivity index (χ1) is 13.0. The molecular formula is C22H27N3O2. The molecule has 0 atom stereocenters. The molecule has 27 heavy (non-hydrogen) atoms. The highest BCUT2D eigenvalue weighted by atomic mass is 16.2. The van der Waals surface area contributed by atoms with Gasteiger partial charge >= 0.3 is 0 Å². The van der Waals surface area contributed by atoms with Crippen molar-refractivity contribution in [2.24, 2.45) is 5.92 Å². The average Bonchev–Trinajstić information content (AvgIpc) is 3.21. The van der Waals surface area contributed by atoms with Crippen LogP contribution in [0.1, 0.15) is 47.4 Å². The van der Waals surface area contributed by atoms with E-state index in [0.717, 1.165) is 18.8 Å². The number of carbonyl (C=O) groups excluding carboxylic acids is 2. The molecule has 142 valence electrons. The van der Waals surface area contributed by atoms with Crippen LogP contribution in [0.4, 0.5) is 11.4 Å². The van der Waals surface area contributed by atoms with Crippen molar-refractivity contribution in [2.75, 3.05) is 29.9 Å². The first-order valence-electron chi connectivity index (χ1n) is 9.57. The van der Waals surface area contributed by atoms with Crippen LogP contribution in [0.2, 0.25) is 0 Å². The van der Waals surface area contributed by atoms with Crippen LogP contribution in [-0.4, -0.2) is 31.4 Å². The Labute approximate surface area is 160 Å². The summed E-state index contributed by atoms with van der Waals surface area (Å²) < 4.78 is 0. The monoisotopic (exact) mass is 365 g/mol. The summed E-state index contributed by atoms with van der Waals surface area (Å²) in [5.74, 6) is 0.0991. The SMILES string of the molecule is CC(C)CNC(=O)c1ccc(C(=O)Nc2ccc(N3CCCC3)cc2)cc1. The molecular weight excluding hydrogens is 338 g/mol. The summed E-state index contributed by atoms with van der Waals surface area (Å²) in [6.45, 7) is 6.93. The molecule has 2 N–H and O–H groups in total. The fourth-order valence-corrected chi connectivity index (χ4v) is 3.11. The lowest BCUT2D eigenvalue weighted by Gasteiger charge is -2.17. The molecule has 0 spiro atoms. The number of hydrogen-bond acceptors (Lipinski definition) is 3. The van der Waals surface area contributed by atoms with E-state index >= 15 is 0 Å². The highest BCUT2D eigenvalue weighted by molar-refractivity contribution is 6.05. The third-order valence-electron chi connectivity index (χ3n) is 4.68. The Balaban J connectivity index is 1.58. The van der Waals surface area contributed by atoms with Gasteiger partial charge in [0.2, 0.25) is 0 Å². The van der Waals surface area contributed by atoms with E-state index in [4.69, 9.17) is 0 Å². The van der Waals surface area contributed by atoms with Gasteiger partial charge in [0.1, 0.15) is 0 Å². The van der Waals surface area contributed by atoms with Gasteiger partial charge in [-0.25, -0.2) is 0 Å². The number of anilines is 2. The van der Waals surface area contributed by atoms with Gasteiger partial charge in [0.25, 0.3) is 11.8 Å². The maximum Gasteiger partial charge on any atom is 0.255 e. The first kappa shape index (κ1) is 19.0. The third kappa shape index (κ3) is 5.09. The molecule has 0 unspecified atom stereocenters. The van der Waals surface area contributed by atoms with E-state index in [1.165, 1.54) is 18.5 Å². The Hall–Kier alpha value is -2.82. The van der Waals surface area contributed by atoms with Crippen LogP contribution in [0.15, 0.2) is 48.5 Å². The molecule has 2 amide bonds. The second kappa shape index (κ2) is 8.71. The van der Waals surface area contributed by atoms with E-state index in [1.54, 1.807) is 24.3 Å². The molecule has 3 rings (SSSR count). The minimum atomic E-state index is -0.182. The molecule has 0 aromatic heterocycles. The zero-order chi connectivity index (χ0) is 19.2. The molecule has 1 aliphatic rings.